The zero-order valence-corrected chi connectivity index (χ0v) is 16.8. The topological polar surface area (TPSA) is 82.8 Å². The van der Waals surface area contributed by atoms with E-state index in [4.69, 9.17) is 0 Å². The Kier molecular flexibility index (Phi) is 5.44. The molecule has 1 aliphatic carbocycles. The van der Waals surface area contributed by atoms with Gasteiger partial charge < -0.3 is 5.32 Å². The molecular formula is C21H26N6O2. The summed E-state index contributed by atoms with van der Waals surface area (Å²) < 4.78 is 1.23. The maximum absolute atomic E-state index is 12.5. The SMILES string of the molecule is CCC1CC=C(c2ccc(=O)n(CC(=O)NC3=CC4=NCN(C)N4C=C3)n2)CC1. The van der Waals surface area contributed by atoms with E-state index in [9.17, 15) is 9.59 Å². The van der Waals surface area contributed by atoms with Gasteiger partial charge in [0.1, 0.15) is 19.0 Å². The molecule has 0 aromatic carbocycles. The van der Waals surface area contributed by atoms with Crippen LogP contribution in [0.4, 0.5) is 0 Å². The monoisotopic (exact) mass is 394 g/mol. The molecule has 1 atom stereocenters. The van der Waals surface area contributed by atoms with Crippen molar-refractivity contribution in [2.24, 2.45) is 10.9 Å². The predicted octanol–water partition coefficient (Wildman–Crippen LogP) is 1.88. The van der Waals surface area contributed by atoms with Crippen molar-refractivity contribution in [1.29, 1.82) is 0 Å². The van der Waals surface area contributed by atoms with Gasteiger partial charge in [0.2, 0.25) is 5.91 Å². The number of fused-ring (bicyclic) bond motifs is 1. The second-order valence-corrected chi connectivity index (χ2v) is 7.62. The lowest BCUT2D eigenvalue weighted by Crippen LogP contribution is -2.37. The van der Waals surface area contributed by atoms with Crippen molar-refractivity contribution in [2.45, 2.75) is 39.2 Å². The number of carbonyl (C=O) groups is 1. The van der Waals surface area contributed by atoms with E-state index in [0.29, 0.717) is 12.4 Å². The highest BCUT2D eigenvalue weighted by atomic mass is 16.2. The van der Waals surface area contributed by atoms with Crippen LogP contribution < -0.4 is 10.9 Å². The number of rotatable bonds is 5. The minimum absolute atomic E-state index is 0.126. The van der Waals surface area contributed by atoms with Gasteiger partial charge in [-0.3, -0.25) is 14.6 Å². The van der Waals surface area contributed by atoms with Crippen molar-refractivity contribution in [1.82, 2.24) is 25.1 Å². The summed E-state index contributed by atoms with van der Waals surface area (Å²) in [5, 5.41) is 11.1. The number of nitrogens with one attached hydrogen (secondary N) is 1. The first-order valence-corrected chi connectivity index (χ1v) is 10.1. The van der Waals surface area contributed by atoms with Crippen LogP contribution in [0.5, 0.6) is 0 Å². The van der Waals surface area contributed by atoms with Crippen LogP contribution in [-0.4, -0.2) is 45.3 Å². The molecule has 1 amide bonds. The smallest absolute Gasteiger partial charge is 0.267 e. The molecule has 4 rings (SSSR count). The number of allylic oxidation sites excluding steroid dienone is 3. The minimum atomic E-state index is -0.295. The number of carbonyl (C=O) groups excluding carboxylic acids is 1. The lowest BCUT2D eigenvalue weighted by molar-refractivity contribution is -0.121. The molecule has 0 saturated heterocycles. The van der Waals surface area contributed by atoms with E-state index in [1.54, 1.807) is 6.07 Å². The molecule has 152 valence electrons. The first kappa shape index (κ1) is 19.3. The summed E-state index contributed by atoms with van der Waals surface area (Å²) in [4.78, 5) is 29.1. The number of aliphatic imine (C=N–C) groups is 1. The summed E-state index contributed by atoms with van der Waals surface area (Å²) in [5.41, 5.74) is 2.30. The van der Waals surface area contributed by atoms with Gasteiger partial charge in [-0.1, -0.05) is 19.4 Å². The van der Waals surface area contributed by atoms with Gasteiger partial charge >= 0.3 is 0 Å². The van der Waals surface area contributed by atoms with Gasteiger partial charge in [0, 0.05) is 31.1 Å². The molecule has 8 heteroatoms. The molecule has 8 nitrogen and oxygen atoms in total. The number of hydrazine groups is 1. The van der Waals surface area contributed by atoms with Crippen molar-refractivity contribution in [3.63, 3.8) is 0 Å². The van der Waals surface area contributed by atoms with E-state index >= 15 is 0 Å². The Morgan fingerprint density at radius 1 is 1.34 bits per heavy atom. The van der Waals surface area contributed by atoms with Crippen molar-refractivity contribution < 1.29 is 4.79 Å². The maximum atomic E-state index is 12.5. The van der Waals surface area contributed by atoms with E-state index in [1.165, 1.54) is 17.2 Å². The highest BCUT2D eigenvalue weighted by Gasteiger charge is 2.22. The molecule has 1 aromatic rings. The van der Waals surface area contributed by atoms with E-state index in [-0.39, 0.29) is 18.0 Å². The summed E-state index contributed by atoms with van der Waals surface area (Å²) in [6, 6.07) is 3.24. The average molecular weight is 394 g/mol. The van der Waals surface area contributed by atoms with Gasteiger partial charge in [-0.25, -0.2) is 9.67 Å². The molecule has 1 N–H and O–H groups in total. The molecule has 1 aromatic heterocycles. The molecule has 2 aliphatic heterocycles. The lowest BCUT2D eigenvalue weighted by Gasteiger charge is -2.25. The molecule has 29 heavy (non-hydrogen) atoms. The van der Waals surface area contributed by atoms with E-state index in [1.807, 2.05) is 35.4 Å². The Morgan fingerprint density at radius 3 is 2.97 bits per heavy atom. The van der Waals surface area contributed by atoms with Gasteiger partial charge in [0.15, 0.2) is 0 Å². The fourth-order valence-electron chi connectivity index (χ4n) is 3.77. The Morgan fingerprint density at radius 2 is 2.21 bits per heavy atom. The fourth-order valence-corrected chi connectivity index (χ4v) is 3.77. The average Bonchev–Trinajstić information content (AvgIpc) is 3.10. The number of amidine groups is 1. The fraction of sp³-hybridized carbons (Fsp3) is 0.429. The molecule has 3 heterocycles. The van der Waals surface area contributed by atoms with Crippen molar-refractivity contribution in [3.8, 4) is 0 Å². The Balaban J connectivity index is 1.44. The zero-order chi connectivity index (χ0) is 20.4. The van der Waals surface area contributed by atoms with Gasteiger partial charge in [0.25, 0.3) is 5.56 Å². The highest BCUT2D eigenvalue weighted by molar-refractivity contribution is 5.97. The third kappa shape index (κ3) is 4.22. The van der Waals surface area contributed by atoms with E-state index in [0.717, 1.165) is 42.3 Å². The number of hydrogen-bond acceptors (Lipinski definition) is 6. The molecule has 1 unspecified atom stereocenters. The molecule has 0 bridgehead atoms. The standard InChI is InChI=1S/C21H26N6O2/c1-3-15-4-6-16(7-5-15)18-8-9-21(29)26(24-18)13-20(28)23-17-10-11-27-19(12-17)22-14-25(27)2/h6,8-12,15H,3-5,7,13-14H2,1-2H3,(H,23,28). The van der Waals surface area contributed by atoms with E-state index < -0.39 is 0 Å². The third-order valence-corrected chi connectivity index (χ3v) is 5.59. The Hall–Kier alpha value is -3.00. The van der Waals surface area contributed by atoms with Gasteiger partial charge in [-0.15, -0.1) is 0 Å². The van der Waals surface area contributed by atoms with Gasteiger partial charge in [0.05, 0.1) is 5.69 Å². The normalized spacial score (nSPS) is 21.4. The zero-order valence-electron chi connectivity index (χ0n) is 16.8. The van der Waals surface area contributed by atoms with Crippen LogP contribution in [0.3, 0.4) is 0 Å². The summed E-state index contributed by atoms with van der Waals surface area (Å²) in [5.74, 6) is 1.21. The molecule has 0 radical (unpaired) electrons. The van der Waals surface area contributed by atoms with Gasteiger partial charge in [-0.2, -0.15) is 10.1 Å². The number of nitrogens with zero attached hydrogens (tertiary/aromatic N) is 5. The second-order valence-electron chi connectivity index (χ2n) is 7.62. The van der Waals surface area contributed by atoms with Crippen LogP contribution in [0.1, 0.15) is 38.3 Å². The van der Waals surface area contributed by atoms with Crippen molar-refractivity contribution >= 4 is 17.3 Å². The molecule has 3 aliphatic rings. The lowest BCUT2D eigenvalue weighted by atomic mass is 9.87. The number of hydrogen-bond donors (Lipinski definition) is 1. The highest BCUT2D eigenvalue weighted by Crippen LogP contribution is 2.30. The quantitative estimate of drug-likeness (QED) is 0.825. The number of amides is 1. The largest absolute Gasteiger partial charge is 0.324 e. The first-order chi connectivity index (χ1) is 14.0. The van der Waals surface area contributed by atoms with Crippen molar-refractivity contribution in [2.75, 3.05) is 13.7 Å². The summed E-state index contributed by atoms with van der Waals surface area (Å²) in [6.07, 6.45) is 12.0. The number of aromatic nitrogens is 2. The van der Waals surface area contributed by atoms with Crippen LogP contribution in [0, 0.1) is 5.92 Å². The van der Waals surface area contributed by atoms with Crippen LogP contribution in [0.15, 0.2) is 52.0 Å². The molecular weight excluding hydrogens is 368 g/mol. The van der Waals surface area contributed by atoms with Crippen LogP contribution in [-0.2, 0) is 11.3 Å². The third-order valence-electron chi connectivity index (χ3n) is 5.59. The van der Waals surface area contributed by atoms with Crippen LogP contribution in [0.25, 0.3) is 5.57 Å². The predicted molar refractivity (Wildman–Crippen MR) is 111 cm³/mol. The summed E-state index contributed by atoms with van der Waals surface area (Å²) in [6.45, 7) is 2.67. The Labute approximate surface area is 169 Å². The first-order valence-electron chi connectivity index (χ1n) is 10.1. The molecule has 0 spiro atoms. The summed E-state index contributed by atoms with van der Waals surface area (Å²) >= 11 is 0. The van der Waals surface area contributed by atoms with Crippen LogP contribution >= 0.6 is 0 Å². The minimum Gasteiger partial charge on any atom is -0.324 e. The molecule has 0 saturated carbocycles. The van der Waals surface area contributed by atoms with Gasteiger partial charge in [-0.05, 0) is 42.9 Å². The molecule has 0 fully saturated rings. The van der Waals surface area contributed by atoms with Crippen molar-refractivity contribution in [3.05, 3.63) is 58.3 Å². The Bertz CT molecular complexity index is 987. The maximum Gasteiger partial charge on any atom is 0.267 e. The summed E-state index contributed by atoms with van der Waals surface area (Å²) in [7, 11) is 1.94. The second kappa shape index (κ2) is 8.16. The van der Waals surface area contributed by atoms with Crippen LogP contribution in [0.2, 0.25) is 0 Å². The van der Waals surface area contributed by atoms with E-state index in [2.05, 4.69) is 28.4 Å².